The van der Waals surface area contributed by atoms with Crippen LogP contribution >= 0.6 is 11.8 Å². The van der Waals surface area contributed by atoms with Gasteiger partial charge in [0.05, 0.1) is 12.4 Å². The fourth-order valence-corrected chi connectivity index (χ4v) is 3.98. The van der Waals surface area contributed by atoms with Crippen molar-refractivity contribution in [3.05, 3.63) is 77.9 Å². The minimum Gasteiger partial charge on any atom is -0.493 e. The number of rotatable bonds is 9. The third-order valence-electron chi connectivity index (χ3n) is 4.64. The van der Waals surface area contributed by atoms with Gasteiger partial charge in [-0.05, 0) is 35.9 Å². The predicted molar refractivity (Wildman–Crippen MR) is 112 cm³/mol. The average molecular weight is 425 g/mol. The molecule has 0 aliphatic carbocycles. The molecule has 0 saturated heterocycles. The molecule has 0 fully saturated rings. The number of Topliss-reactive ketones (excluding diaryl/α,β-unsaturated/α-hetero) is 1. The maximum Gasteiger partial charge on any atom is 0.192 e. The zero-order valence-electron chi connectivity index (χ0n) is 16.2. The largest absolute Gasteiger partial charge is 0.493 e. The van der Waals surface area contributed by atoms with E-state index in [0.29, 0.717) is 29.7 Å². The number of halogens is 1. The van der Waals surface area contributed by atoms with Crippen LogP contribution in [0.3, 0.4) is 0 Å². The lowest BCUT2D eigenvalue weighted by Gasteiger charge is -2.09. The smallest absolute Gasteiger partial charge is 0.192 e. The summed E-state index contributed by atoms with van der Waals surface area (Å²) in [5.74, 6) is 1.32. The standard InChI is InChI=1S/C22H20FN3O3S/c1-2-10-26-21(13-29-20-6-4-3-5-17(20)23)24-25-22(26)30-14-18(27)15-7-8-19-16(12-15)9-11-28-19/h2-8,12H,1,9-11,13-14H2. The Morgan fingerprint density at radius 2 is 2.17 bits per heavy atom. The molecular weight excluding hydrogens is 405 g/mol. The fourth-order valence-electron chi connectivity index (χ4n) is 3.12. The Morgan fingerprint density at radius 1 is 1.30 bits per heavy atom. The number of ether oxygens (including phenoxy) is 2. The maximum atomic E-state index is 13.8. The Bertz CT molecular complexity index is 1080. The van der Waals surface area contributed by atoms with Crippen LogP contribution in [0.15, 0.2) is 60.3 Å². The van der Waals surface area contributed by atoms with Crippen LogP contribution < -0.4 is 9.47 Å². The van der Waals surface area contributed by atoms with Gasteiger partial charge in [0.15, 0.2) is 28.3 Å². The van der Waals surface area contributed by atoms with Crippen molar-refractivity contribution in [3.63, 3.8) is 0 Å². The number of benzene rings is 2. The summed E-state index contributed by atoms with van der Waals surface area (Å²) in [5.41, 5.74) is 1.72. The van der Waals surface area contributed by atoms with E-state index >= 15 is 0 Å². The topological polar surface area (TPSA) is 66.2 Å². The highest BCUT2D eigenvalue weighted by Crippen LogP contribution is 2.27. The van der Waals surface area contributed by atoms with Crippen LogP contribution in [-0.4, -0.2) is 32.9 Å². The molecule has 8 heteroatoms. The molecule has 2 heterocycles. The lowest BCUT2D eigenvalue weighted by molar-refractivity contribution is 0.102. The molecule has 0 atom stereocenters. The van der Waals surface area contributed by atoms with Gasteiger partial charge in [0.25, 0.3) is 0 Å². The Hall–Kier alpha value is -3.13. The molecule has 0 amide bonds. The van der Waals surface area contributed by atoms with Crippen molar-refractivity contribution >= 4 is 17.5 Å². The first-order valence-electron chi connectivity index (χ1n) is 9.47. The summed E-state index contributed by atoms with van der Waals surface area (Å²) in [6.45, 7) is 4.93. The van der Waals surface area contributed by atoms with E-state index in [9.17, 15) is 9.18 Å². The number of hydrogen-bond acceptors (Lipinski definition) is 6. The highest BCUT2D eigenvalue weighted by molar-refractivity contribution is 7.99. The second kappa shape index (κ2) is 9.13. The van der Waals surface area contributed by atoms with E-state index in [0.717, 1.165) is 17.7 Å². The van der Waals surface area contributed by atoms with Crippen molar-refractivity contribution < 1.29 is 18.7 Å². The number of hydrogen-bond donors (Lipinski definition) is 0. The number of carbonyl (C=O) groups excluding carboxylic acids is 1. The van der Waals surface area contributed by atoms with Crippen LogP contribution in [0, 0.1) is 5.82 Å². The summed E-state index contributed by atoms with van der Waals surface area (Å²) in [6, 6.07) is 11.7. The van der Waals surface area contributed by atoms with Crippen molar-refractivity contribution in [2.24, 2.45) is 0 Å². The Morgan fingerprint density at radius 3 is 3.00 bits per heavy atom. The minimum atomic E-state index is -0.438. The second-order valence-corrected chi connectivity index (χ2v) is 7.59. The number of carbonyl (C=O) groups is 1. The number of ketones is 1. The lowest BCUT2D eigenvalue weighted by Crippen LogP contribution is -2.09. The van der Waals surface area contributed by atoms with E-state index in [2.05, 4.69) is 16.8 Å². The normalized spacial score (nSPS) is 12.3. The maximum absolute atomic E-state index is 13.8. The van der Waals surface area contributed by atoms with Crippen LogP contribution in [0.2, 0.25) is 0 Å². The molecular formula is C22H20FN3O3S. The zero-order valence-corrected chi connectivity index (χ0v) is 17.0. The summed E-state index contributed by atoms with van der Waals surface area (Å²) < 4.78 is 26.6. The molecule has 0 saturated carbocycles. The first kappa shape index (κ1) is 20.2. The Balaban J connectivity index is 1.43. The zero-order chi connectivity index (χ0) is 20.9. The predicted octanol–water partition coefficient (Wildman–Crippen LogP) is 4.09. The monoisotopic (exact) mass is 425 g/mol. The Labute approximate surface area is 177 Å². The first-order valence-corrected chi connectivity index (χ1v) is 10.5. The van der Waals surface area contributed by atoms with Crippen molar-refractivity contribution in [2.75, 3.05) is 12.4 Å². The molecule has 0 N–H and O–H groups in total. The number of aromatic nitrogens is 3. The van der Waals surface area contributed by atoms with E-state index in [1.807, 2.05) is 16.7 Å². The third kappa shape index (κ3) is 4.38. The SMILES string of the molecule is C=CCn1c(COc2ccccc2F)nnc1SCC(=O)c1ccc2c(c1)CCO2. The summed E-state index contributed by atoms with van der Waals surface area (Å²) >= 11 is 1.30. The number of nitrogens with zero attached hydrogens (tertiary/aromatic N) is 3. The van der Waals surface area contributed by atoms with E-state index in [-0.39, 0.29) is 23.9 Å². The summed E-state index contributed by atoms with van der Waals surface area (Å²) in [6.07, 6.45) is 2.53. The Kier molecular flexibility index (Phi) is 6.13. The molecule has 4 rings (SSSR count). The highest BCUT2D eigenvalue weighted by atomic mass is 32.2. The molecule has 154 valence electrons. The number of fused-ring (bicyclic) bond motifs is 1. The second-order valence-electron chi connectivity index (χ2n) is 6.65. The molecule has 0 spiro atoms. The highest BCUT2D eigenvalue weighted by Gasteiger charge is 2.18. The molecule has 6 nitrogen and oxygen atoms in total. The molecule has 30 heavy (non-hydrogen) atoms. The van der Waals surface area contributed by atoms with E-state index < -0.39 is 5.82 Å². The lowest BCUT2D eigenvalue weighted by atomic mass is 10.1. The van der Waals surface area contributed by atoms with Gasteiger partial charge in [-0.25, -0.2) is 4.39 Å². The molecule has 1 aliphatic heterocycles. The summed E-state index contributed by atoms with van der Waals surface area (Å²) in [4.78, 5) is 12.6. The van der Waals surface area contributed by atoms with Gasteiger partial charge in [0.1, 0.15) is 12.4 Å². The number of para-hydroxylation sites is 1. The number of allylic oxidation sites excluding steroid dienone is 1. The summed E-state index contributed by atoms with van der Waals surface area (Å²) in [5, 5.41) is 8.90. The van der Waals surface area contributed by atoms with Crippen LogP contribution in [-0.2, 0) is 19.6 Å². The van der Waals surface area contributed by atoms with Gasteiger partial charge in [0, 0.05) is 18.5 Å². The van der Waals surface area contributed by atoms with Gasteiger partial charge in [-0.15, -0.1) is 16.8 Å². The van der Waals surface area contributed by atoms with Gasteiger partial charge in [-0.3, -0.25) is 9.36 Å². The average Bonchev–Trinajstić information content (AvgIpc) is 3.38. The quantitative estimate of drug-likeness (QED) is 0.292. The van der Waals surface area contributed by atoms with Crippen molar-refractivity contribution in [1.82, 2.24) is 14.8 Å². The van der Waals surface area contributed by atoms with E-state index in [1.165, 1.54) is 17.8 Å². The molecule has 0 radical (unpaired) electrons. The van der Waals surface area contributed by atoms with E-state index in [1.54, 1.807) is 30.3 Å². The van der Waals surface area contributed by atoms with Crippen LogP contribution in [0.5, 0.6) is 11.5 Å². The van der Waals surface area contributed by atoms with Crippen LogP contribution in [0.4, 0.5) is 4.39 Å². The molecule has 1 aliphatic rings. The number of thioether (sulfide) groups is 1. The molecule has 2 aromatic carbocycles. The third-order valence-corrected chi connectivity index (χ3v) is 5.61. The first-order chi connectivity index (χ1) is 14.7. The van der Waals surface area contributed by atoms with Gasteiger partial charge in [-0.2, -0.15) is 0 Å². The van der Waals surface area contributed by atoms with Gasteiger partial charge >= 0.3 is 0 Å². The van der Waals surface area contributed by atoms with E-state index in [4.69, 9.17) is 9.47 Å². The minimum absolute atomic E-state index is 0.00649. The van der Waals surface area contributed by atoms with Crippen LogP contribution in [0.25, 0.3) is 0 Å². The molecule has 0 bridgehead atoms. The van der Waals surface area contributed by atoms with Crippen molar-refractivity contribution in [3.8, 4) is 11.5 Å². The van der Waals surface area contributed by atoms with Gasteiger partial charge in [-0.1, -0.05) is 30.0 Å². The molecule has 3 aromatic rings. The fraction of sp³-hybridized carbons (Fsp3) is 0.227. The van der Waals surface area contributed by atoms with Gasteiger partial charge in [0.2, 0.25) is 0 Å². The molecule has 0 unspecified atom stereocenters. The van der Waals surface area contributed by atoms with Crippen molar-refractivity contribution in [2.45, 2.75) is 24.7 Å². The summed E-state index contributed by atoms with van der Waals surface area (Å²) in [7, 11) is 0. The van der Waals surface area contributed by atoms with Gasteiger partial charge < -0.3 is 9.47 Å². The van der Waals surface area contributed by atoms with Crippen LogP contribution in [0.1, 0.15) is 21.7 Å². The van der Waals surface area contributed by atoms with Crippen molar-refractivity contribution in [1.29, 1.82) is 0 Å². The molecule has 1 aromatic heterocycles.